The van der Waals surface area contributed by atoms with Crippen molar-refractivity contribution in [3.8, 4) is 0 Å². The lowest BCUT2D eigenvalue weighted by molar-refractivity contribution is -0.143. The molecule has 1 N–H and O–H groups in total. The molecular weight excluding hydrogens is 448 g/mol. The van der Waals surface area contributed by atoms with Crippen molar-refractivity contribution >= 4 is 33.4 Å². The number of benzene rings is 1. The van der Waals surface area contributed by atoms with Gasteiger partial charge in [0, 0.05) is 68.0 Å². The maximum atomic E-state index is 11.4. The van der Waals surface area contributed by atoms with Crippen LogP contribution in [-0.2, 0) is 11.2 Å². The Kier molecular flexibility index (Phi) is 6.34. The van der Waals surface area contributed by atoms with E-state index in [4.69, 9.17) is 4.52 Å². The average Bonchev–Trinajstić information content (AvgIpc) is 3.14. The number of nitrogens with zero attached hydrogens (tertiary/aromatic N) is 4. The highest BCUT2D eigenvalue weighted by Gasteiger charge is 2.35. The van der Waals surface area contributed by atoms with E-state index in [1.165, 1.54) is 5.69 Å². The zero-order valence-corrected chi connectivity index (χ0v) is 19.1. The molecule has 162 valence electrons. The van der Waals surface area contributed by atoms with Gasteiger partial charge in [0.05, 0.1) is 5.92 Å². The van der Waals surface area contributed by atoms with E-state index in [2.05, 4.69) is 60.1 Å². The van der Waals surface area contributed by atoms with Gasteiger partial charge in [-0.1, -0.05) is 34.9 Å². The molecule has 7 nitrogen and oxygen atoms in total. The van der Waals surface area contributed by atoms with E-state index >= 15 is 0 Å². The van der Waals surface area contributed by atoms with Gasteiger partial charge in [0.25, 0.3) is 0 Å². The molecule has 3 heterocycles. The fraction of sp³-hybridized carbons (Fsp3) is 0.545. The van der Waals surface area contributed by atoms with Crippen molar-refractivity contribution < 1.29 is 14.4 Å². The van der Waals surface area contributed by atoms with Crippen LogP contribution < -0.4 is 9.80 Å². The summed E-state index contributed by atoms with van der Waals surface area (Å²) < 4.78 is 6.54. The van der Waals surface area contributed by atoms with Gasteiger partial charge >= 0.3 is 5.97 Å². The van der Waals surface area contributed by atoms with Crippen LogP contribution >= 0.6 is 15.9 Å². The normalized spacial score (nSPS) is 19.2. The zero-order valence-electron chi connectivity index (χ0n) is 17.5. The number of hydrogen-bond acceptors (Lipinski definition) is 6. The Morgan fingerprint density at radius 3 is 2.43 bits per heavy atom. The van der Waals surface area contributed by atoms with Crippen LogP contribution in [0.25, 0.3) is 0 Å². The number of carboxylic acid groups (broad SMARTS) is 1. The van der Waals surface area contributed by atoms with Gasteiger partial charge in [-0.3, -0.25) is 9.69 Å². The predicted octanol–water partition coefficient (Wildman–Crippen LogP) is 3.35. The third-order valence-electron chi connectivity index (χ3n) is 6.30. The molecule has 2 fully saturated rings. The summed E-state index contributed by atoms with van der Waals surface area (Å²) in [7, 11) is 0. The molecule has 2 aliphatic rings. The largest absolute Gasteiger partial charge is 0.481 e. The van der Waals surface area contributed by atoms with Gasteiger partial charge in [0.15, 0.2) is 5.82 Å². The number of hydrogen-bond donors (Lipinski definition) is 1. The van der Waals surface area contributed by atoms with Crippen molar-refractivity contribution in [1.82, 2.24) is 10.1 Å². The van der Waals surface area contributed by atoms with Crippen molar-refractivity contribution in [2.24, 2.45) is 11.8 Å². The fourth-order valence-electron chi connectivity index (χ4n) is 4.24. The fourth-order valence-corrected chi connectivity index (χ4v) is 4.51. The van der Waals surface area contributed by atoms with Crippen molar-refractivity contribution in [2.45, 2.75) is 26.3 Å². The van der Waals surface area contributed by atoms with E-state index in [0.717, 1.165) is 49.6 Å². The maximum absolute atomic E-state index is 11.4. The number of anilines is 2. The lowest BCUT2D eigenvalue weighted by Crippen LogP contribution is -2.63. The molecule has 0 amide bonds. The number of carboxylic acids is 1. The van der Waals surface area contributed by atoms with Crippen LogP contribution in [0.3, 0.4) is 0 Å². The van der Waals surface area contributed by atoms with Crippen LogP contribution in [0.4, 0.5) is 11.5 Å². The Morgan fingerprint density at radius 2 is 1.83 bits per heavy atom. The first-order valence-electron chi connectivity index (χ1n) is 10.6. The smallest absolute Gasteiger partial charge is 0.307 e. The molecule has 0 spiro atoms. The monoisotopic (exact) mass is 476 g/mol. The van der Waals surface area contributed by atoms with E-state index in [1.807, 2.05) is 19.9 Å². The summed E-state index contributed by atoms with van der Waals surface area (Å²) in [6.07, 6.45) is 0.384. The van der Waals surface area contributed by atoms with E-state index in [0.29, 0.717) is 18.2 Å². The molecule has 2 saturated heterocycles. The molecule has 1 unspecified atom stereocenters. The minimum absolute atomic E-state index is 0.0560. The lowest BCUT2D eigenvalue weighted by atomic mass is 9.92. The molecule has 0 aliphatic carbocycles. The first-order valence-corrected chi connectivity index (χ1v) is 11.4. The summed E-state index contributed by atoms with van der Waals surface area (Å²) >= 11 is 3.50. The highest BCUT2D eigenvalue weighted by Crippen LogP contribution is 2.27. The van der Waals surface area contributed by atoms with Crippen LogP contribution in [0.5, 0.6) is 0 Å². The Morgan fingerprint density at radius 1 is 1.17 bits per heavy atom. The summed E-state index contributed by atoms with van der Waals surface area (Å²) in [6.45, 7) is 9.93. The van der Waals surface area contributed by atoms with Crippen LogP contribution in [0.15, 0.2) is 39.3 Å². The zero-order chi connectivity index (χ0) is 21.3. The van der Waals surface area contributed by atoms with Gasteiger partial charge in [-0.2, -0.15) is 0 Å². The minimum atomic E-state index is -0.783. The summed E-state index contributed by atoms with van der Waals surface area (Å²) in [5.74, 6) is 0.298. The number of halogens is 1. The SMILES string of the molecule is CC(C)C(Cc1cc(N2CC(N3CCN(c4ccc(Br)cc4)CC3)C2)no1)C(=O)O. The molecule has 8 heteroatoms. The van der Waals surface area contributed by atoms with Crippen LogP contribution in [0.2, 0.25) is 0 Å². The molecular formula is C22H29BrN4O3. The van der Waals surface area contributed by atoms with Crippen LogP contribution in [0.1, 0.15) is 19.6 Å². The molecule has 2 aromatic rings. The van der Waals surface area contributed by atoms with Crippen molar-refractivity contribution in [2.75, 3.05) is 49.1 Å². The second-order valence-electron chi connectivity index (χ2n) is 8.60. The second kappa shape index (κ2) is 8.98. The Balaban J connectivity index is 1.25. The van der Waals surface area contributed by atoms with Crippen molar-refractivity contribution in [1.29, 1.82) is 0 Å². The quantitative estimate of drug-likeness (QED) is 0.656. The molecule has 1 atom stereocenters. The number of carbonyl (C=O) groups is 1. The molecule has 2 aliphatic heterocycles. The number of piperazine rings is 1. The predicted molar refractivity (Wildman–Crippen MR) is 120 cm³/mol. The van der Waals surface area contributed by atoms with Crippen molar-refractivity contribution in [3.63, 3.8) is 0 Å². The first-order chi connectivity index (χ1) is 14.4. The second-order valence-corrected chi connectivity index (χ2v) is 9.52. The Labute approximate surface area is 185 Å². The number of rotatable bonds is 7. The topological polar surface area (TPSA) is 73.0 Å². The van der Waals surface area contributed by atoms with Crippen molar-refractivity contribution in [3.05, 3.63) is 40.6 Å². The van der Waals surface area contributed by atoms with Gasteiger partial charge in [0.1, 0.15) is 5.76 Å². The van der Waals surface area contributed by atoms with E-state index in [-0.39, 0.29) is 5.92 Å². The Hall–Kier alpha value is -2.06. The van der Waals surface area contributed by atoms with E-state index in [1.54, 1.807) is 0 Å². The molecule has 0 bridgehead atoms. The van der Waals surface area contributed by atoms with E-state index < -0.39 is 11.9 Å². The standard InChI is InChI=1S/C22H29BrN4O3/c1-15(2)20(22(28)29)11-19-12-21(24-30-19)27-13-18(14-27)26-9-7-25(8-10-26)17-5-3-16(23)4-6-17/h3-6,12,15,18,20H,7-11,13-14H2,1-2H3,(H,28,29). The lowest BCUT2D eigenvalue weighted by Gasteiger charge is -2.48. The molecule has 0 radical (unpaired) electrons. The summed E-state index contributed by atoms with van der Waals surface area (Å²) in [6, 6.07) is 11.0. The number of aliphatic carboxylic acids is 1. The van der Waals surface area contributed by atoms with Gasteiger partial charge in [-0.25, -0.2) is 0 Å². The number of aromatic nitrogens is 1. The van der Waals surface area contributed by atoms with Gasteiger partial charge < -0.3 is 19.4 Å². The minimum Gasteiger partial charge on any atom is -0.481 e. The summed E-state index contributed by atoms with van der Waals surface area (Å²) in [4.78, 5) is 18.6. The average molecular weight is 477 g/mol. The summed E-state index contributed by atoms with van der Waals surface area (Å²) in [5, 5.41) is 13.6. The Bertz CT molecular complexity index is 856. The van der Waals surface area contributed by atoms with E-state index in [9.17, 15) is 9.90 Å². The van der Waals surface area contributed by atoms with Gasteiger partial charge in [-0.15, -0.1) is 0 Å². The maximum Gasteiger partial charge on any atom is 0.307 e. The molecule has 1 aromatic carbocycles. The van der Waals surface area contributed by atoms with Crippen LogP contribution in [-0.4, -0.2) is 66.4 Å². The highest BCUT2D eigenvalue weighted by atomic mass is 79.9. The van der Waals surface area contributed by atoms with Gasteiger partial charge in [-0.05, 0) is 30.2 Å². The third-order valence-corrected chi connectivity index (χ3v) is 6.83. The molecule has 30 heavy (non-hydrogen) atoms. The van der Waals surface area contributed by atoms with Crippen LogP contribution in [0, 0.1) is 11.8 Å². The first kappa shape index (κ1) is 21.2. The molecule has 4 rings (SSSR count). The third kappa shape index (κ3) is 4.64. The molecule has 1 aromatic heterocycles. The highest BCUT2D eigenvalue weighted by molar-refractivity contribution is 9.10. The van der Waals surface area contributed by atoms with Gasteiger partial charge in [0.2, 0.25) is 0 Å². The molecule has 0 saturated carbocycles. The summed E-state index contributed by atoms with van der Waals surface area (Å²) in [5.41, 5.74) is 1.28.